The zero-order valence-corrected chi connectivity index (χ0v) is 8.99. The van der Waals surface area contributed by atoms with Crippen molar-refractivity contribution in [2.45, 2.75) is 33.3 Å². The van der Waals surface area contributed by atoms with Gasteiger partial charge in [-0.05, 0) is 20.3 Å². The van der Waals surface area contributed by atoms with Crippen LogP contribution in [0.5, 0.6) is 0 Å². The Hall–Kier alpha value is -0.940. The number of nitrogens with zero attached hydrogens (tertiary/aromatic N) is 2. The van der Waals surface area contributed by atoms with Gasteiger partial charge in [0.15, 0.2) is 0 Å². The van der Waals surface area contributed by atoms with Crippen LogP contribution < -0.4 is 0 Å². The lowest BCUT2D eigenvalue weighted by Gasteiger charge is -2.22. The van der Waals surface area contributed by atoms with Gasteiger partial charge < -0.3 is 10.2 Å². The van der Waals surface area contributed by atoms with Crippen LogP contribution in [0.3, 0.4) is 0 Å². The van der Waals surface area contributed by atoms with Crippen molar-refractivity contribution in [2.75, 3.05) is 13.2 Å². The van der Waals surface area contributed by atoms with Gasteiger partial charge in [0.25, 0.3) is 0 Å². The second-order valence-corrected chi connectivity index (χ2v) is 3.35. The molecule has 0 aliphatic heterocycles. The van der Waals surface area contributed by atoms with Crippen LogP contribution in [0.2, 0.25) is 0 Å². The third-order valence-corrected chi connectivity index (χ3v) is 2.01. The first-order valence-corrected chi connectivity index (χ1v) is 4.67. The Kier molecular flexibility index (Phi) is 6.07. The van der Waals surface area contributed by atoms with Crippen molar-refractivity contribution in [1.29, 1.82) is 5.53 Å². The first-order chi connectivity index (χ1) is 6.56. The standard InChI is InChI=1S/C9H19N3O2/c1-4-8(14)5-12(11-10)9(6-13)7(2)3/h8,10,13-14H,4-6H2,1-3H3. The Bertz CT molecular complexity index is 212. The molecule has 0 saturated carbocycles. The van der Waals surface area contributed by atoms with E-state index in [1.54, 1.807) is 0 Å². The summed E-state index contributed by atoms with van der Waals surface area (Å²) in [5.41, 5.74) is 8.42. The molecular formula is C9H19N3O2. The molecule has 0 bridgehead atoms. The van der Waals surface area contributed by atoms with Gasteiger partial charge in [-0.1, -0.05) is 17.7 Å². The Morgan fingerprint density at radius 2 is 2.07 bits per heavy atom. The molecule has 0 heterocycles. The Morgan fingerprint density at radius 3 is 2.36 bits per heavy atom. The van der Waals surface area contributed by atoms with Crippen molar-refractivity contribution in [3.63, 3.8) is 0 Å². The van der Waals surface area contributed by atoms with E-state index in [0.29, 0.717) is 12.1 Å². The van der Waals surface area contributed by atoms with Crippen LogP contribution >= 0.6 is 0 Å². The minimum absolute atomic E-state index is 0.166. The second kappa shape index (κ2) is 6.50. The van der Waals surface area contributed by atoms with Gasteiger partial charge in [-0.2, -0.15) is 5.53 Å². The molecule has 0 spiro atoms. The molecule has 0 saturated heterocycles. The van der Waals surface area contributed by atoms with Crippen molar-refractivity contribution in [1.82, 2.24) is 5.01 Å². The quantitative estimate of drug-likeness (QED) is 0.447. The average molecular weight is 201 g/mol. The van der Waals surface area contributed by atoms with Crippen LogP contribution in [-0.4, -0.2) is 34.5 Å². The number of nitrogens with one attached hydrogen (secondary N) is 1. The summed E-state index contributed by atoms with van der Waals surface area (Å²) >= 11 is 0. The number of aliphatic hydroxyl groups is 2. The number of hydrogen-bond acceptors (Lipinski definition) is 4. The maximum atomic E-state index is 9.40. The SMILES string of the molecule is CCC(O)CN(N=N)C(CO)=C(C)C. The minimum Gasteiger partial charge on any atom is -0.391 e. The van der Waals surface area contributed by atoms with E-state index in [0.717, 1.165) is 5.57 Å². The summed E-state index contributed by atoms with van der Waals surface area (Å²) in [5.74, 6) is 0. The van der Waals surface area contributed by atoms with Crippen molar-refractivity contribution in [2.24, 2.45) is 5.22 Å². The molecule has 1 unspecified atom stereocenters. The highest BCUT2D eigenvalue weighted by Gasteiger charge is 2.13. The van der Waals surface area contributed by atoms with Gasteiger partial charge >= 0.3 is 0 Å². The Balaban J connectivity index is 4.54. The molecule has 82 valence electrons. The van der Waals surface area contributed by atoms with E-state index in [1.807, 2.05) is 20.8 Å². The summed E-state index contributed by atoms with van der Waals surface area (Å²) in [6, 6.07) is 0. The molecule has 0 aliphatic rings. The molecule has 0 aliphatic carbocycles. The van der Waals surface area contributed by atoms with Crippen LogP contribution in [0.25, 0.3) is 0 Å². The highest BCUT2D eigenvalue weighted by atomic mass is 16.3. The predicted octanol–water partition coefficient (Wildman–Crippen LogP) is 1.29. The van der Waals surface area contributed by atoms with Gasteiger partial charge in [0.1, 0.15) is 0 Å². The summed E-state index contributed by atoms with van der Waals surface area (Å²) in [6.07, 6.45) is 0.0815. The molecule has 0 aromatic heterocycles. The predicted molar refractivity (Wildman–Crippen MR) is 53.6 cm³/mol. The highest BCUT2D eigenvalue weighted by molar-refractivity contribution is 5.08. The molecule has 0 radical (unpaired) electrons. The first-order valence-electron chi connectivity index (χ1n) is 4.67. The van der Waals surface area contributed by atoms with Crippen molar-refractivity contribution >= 4 is 0 Å². The monoisotopic (exact) mass is 201 g/mol. The minimum atomic E-state index is -0.523. The van der Waals surface area contributed by atoms with Gasteiger partial charge in [-0.3, -0.25) is 0 Å². The van der Waals surface area contributed by atoms with E-state index in [1.165, 1.54) is 5.01 Å². The van der Waals surface area contributed by atoms with Crippen molar-refractivity contribution in [3.8, 4) is 0 Å². The van der Waals surface area contributed by atoms with Gasteiger partial charge in [-0.25, -0.2) is 5.01 Å². The lowest BCUT2D eigenvalue weighted by Crippen LogP contribution is -2.29. The number of rotatable bonds is 6. The zero-order valence-electron chi connectivity index (χ0n) is 8.99. The second-order valence-electron chi connectivity index (χ2n) is 3.35. The third kappa shape index (κ3) is 3.85. The van der Waals surface area contributed by atoms with E-state index in [2.05, 4.69) is 5.22 Å². The van der Waals surface area contributed by atoms with E-state index in [-0.39, 0.29) is 13.2 Å². The summed E-state index contributed by atoms with van der Waals surface area (Å²) in [5, 5.41) is 23.1. The Labute approximate surface area is 84.5 Å². The van der Waals surface area contributed by atoms with Crippen LogP contribution in [0.15, 0.2) is 16.5 Å². The van der Waals surface area contributed by atoms with E-state index >= 15 is 0 Å². The molecule has 14 heavy (non-hydrogen) atoms. The maximum absolute atomic E-state index is 9.40. The topological polar surface area (TPSA) is 79.9 Å². The molecule has 0 aromatic carbocycles. The summed E-state index contributed by atoms with van der Waals surface area (Å²) < 4.78 is 0. The highest BCUT2D eigenvalue weighted by Crippen LogP contribution is 2.11. The number of aliphatic hydroxyl groups excluding tert-OH is 2. The third-order valence-electron chi connectivity index (χ3n) is 2.01. The molecular weight excluding hydrogens is 182 g/mol. The maximum Gasteiger partial charge on any atom is 0.0849 e. The normalized spacial score (nSPS) is 12.1. The van der Waals surface area contributed by atoms with Gasteiger partial charge in [0.2, 0.25) is 0 Å². The summed E-state index contributed by atoms with van der Waals surface area (Å²) in [6.45, 7) is 5.61. The fourth-order valence-electron chi connectivity index (χ4n) is 1.04. The molecule has 0 amide bonds. The largest absolute Gasteiger partial charge is 0.391 e. The van der Waals surface area contributed by atoms with Crippen molar-refractivity contribution in [3.05, 3.63) is 11.3 Å². The molecule has 5 heteroatoms. The van der Waals surface area contributed by atoms with Crippen LogP contribution in [0, 0.1) is 5.53 Å². The first kappa shape index (κ1) is 13.1. The van der Waals surface area contributed by atoms with Gasteiger partial charge in [0, 0.05) is 0 Å². The lowest BCUT2D eigenvalue weighted by atomic mass is 10.2. The summed E-state index contributed by atoms with van der Waals surface area (Å²) in [7, 11) is 0. The van der Waals surface area contributed by atoms with Crippen LogP contribution in [0.4, 0.5) is 0 Å². The average Bonchev–Trinajstić information content (AvgIpc) is 2.16. The van der Waals surface area contributed by atoms with E-state index in [4.69, 9.17) is 10.6 Å². The fraction of sp³-hybridized carbons (Fsp3) is 0.778. The molecule has 0 aromatic rings. The fourth-order valence-corrected chi connectivity index (χ4v) is 1.04. The number of hydrogen-bond donors (Lipinski definition) is 3. The summed E-state index contributed by atoms with van der Waals surface area (Å²) in [4.78, 5) is 0. The van der Waals surface area contributed by atoms with Crippen LogP contribution in [-0.2, 0) is 0 Å². The smallest absolute Gasteiger partial charge is 0.0849 e. The van der Waals surface area contributed by atoms with Crippen molar-refractivity contribution < 1.29 is 10.2 Å². The Morgan fingerprint density at radius 1 is 1.50 bits per heavy atom. The lowest BCUT2D eigenvalue weighted by molar-refractivity contribution is 0.113. The molecule has 0 fully saturated rings. The van der Waals surface area contributed by atoms with Gasteiger partial charge in [-0.15, -0.1) is 0 Å². The van der Waals surface area contributed by atoms with E-state index < -0.39 is 6.10 Å². The number of allylic oxidation sites excluding steroid dienone is 1. The zero-order chi connectivity index (χ0) is 11.1. The molecule has 3 N–H and O–H groups in total. The molecule has 5 nitrogen and oxygen atoms in total. The molecule has 0 rings (SSSR count). The molecule has 1 atom stereocenters. The van der Waals surface area contributed by atoms with Crippen LogP contribution in [0.1, 0.15) is 27.2 Å². The van der Waals surface area contributed by atoms with E-state index in [9.17, 15) is 5.11 Å². The van der Waals surface area contributed by atoms with Gasteiger partial charge in [0.05, 0.1) is 25.0 Å².